The topological polar surface area (TPSA) is 60.9 Å². The minimum Gasteiger partial charge on any atom is -0.481 e. The van der Waals surface area contributed by atoms with Gasteiger partial charge in [0.15, 0.2) is 0 Å². The lowest BCUT2D eigenvalue weighted by atomic mass is 9.92. The Morgan fingerprint density at radius 3 is 1.82 bits per heavy atom. The van der Waals surface area contributed by atoms with Gasteiger partial charge in [-0.25, -0.2) is 8.78 Å². The fraction of sp³-hybridized carbons (Fsp3) is 0.200. The number of amides is 1. The first-order chi connectivity index (χ1) is 16.2. The number of aliphatic carboxylic acids is 1. The Morgan fingerprint density at radius 2 is 1.38 bits per heavy atom. The summed E-state index contributed by atoms with van der Waals surface area (Å²) >= 11 is 12.1. The zero-order chi connectivity index (χ0) is 24.4. The minimum atomic E-state index is -1.32. The summed E-state index contributed by atoms with van der Waals surface area (Å²) in [5.41, 5.74) is 1.92. The molecule has 0 saturated carbocycles. The van der Waals surface area contributed by atoms with Crippen molar-refractivity contribution in [2.45, 2.75) is 18.5 Å². The van der Waals surface area contributed by atoms with Gasteiger partial charge in [-0.3, -0.25) is 14.5 Å². The van der Waals surface area contributed by atoms with Gasteiger partial charge in [-0.1, -0.05) is 47.5 Å². The van der Waals surface area contributed by atoms with Gasteiger partial charge in [0.25, 0.3) is 0 Å². The molecule has 0 unspecified atom stereocenters. The normalized spacial score (nSPS) is 14.1. The Kier molecular flexibility index (Phi) is 7.16. The molecule has 1 amide bonds. The third kappa shape index (κ3) is 5.38. The van der Waals surface area contributed by atoms with E-state index < -0.39 is 36.0 Å². The molecule has 1 aliphatic rings. The molecule has 9 heteroatoms. The number of anilines is 1. The Hall–Kier alpha value is -3.00. The van der Waals surface area contributed by atoms with E-state index in [1.807, 2.05) is 24.3 Å². The Balaban J connectivity index is 1.63. The summed E-state index contributed by atoms with van der Waals surface area (Å²) in [7, 11) is 0. The van der Waals surface area contributed by atoms with Crippen LogP contribution >= 0.6 is 23.2 Å². The van der Waals surface area contributed by atoms with Crippen LogP contribution in [0, 0.1) is 11.6 Å². The molecular weight excluding hydrogens is 485 g/mol. The van der Waals surface area contributed by atoms with Crippen LogP contribution in [-0.4, -0.2) is 41.0 Å². The van der Waals surface area contributed by atoms with Gasteiger partial charge in [0.2, 0.25) is 5.91 Å². The van der Waals surface area contributed by atoms with E-state index in [1.165, 1.54) is 4.90 Å². The summed E-state index contributed by atoms with van der Waals surface area (Å²) in [6, 6.07) is 16.9. The molecular formula is C25H20Cl2F2N2O3. The highest BCUT2D eigenvalue weighted by Crippen LogP contribution is 2.36. The first kappa shape index (κ1) is 24.1. The van der Waals surface area contributed by atoms with E-state index in [9.17, 15) is 18.4 Å². The van der Waals surface area contributed by atoms with Gasteiger partial charge in [-0.2, -0.15) is 0 Å². The first-order valence-electron chi connectivity index (χ1n) is 10.5. The summed E-state index contributed by atoms with van der Waals surface area (Å²) in [6.45, 7) is 0.721. The quantitative estimate of drug-likeness (QED) is 0.428. The molecule has 1 heterocycles. The summed E-state index contributed by atoms with van der Waals surface area (Å²) in [4.78, 5) is 27.2. The maximum atomic E-state index is 13.9. The van der Waals surface area contributed by atoms with Crippen molar-refractivity contribution in [2.24, 2.45) is 0 Å². The smallest absolute Gasteiger partial charge is 0.312 e. The molecule has 0 radical (unpaired) electrons. The van der Waals surface area contributed by atoms with Gasteiger partial charge >= 0.3 is 5.97 Å². The van der Waals surface area contributed by atoms with Crippen LogP contribution in [0.25, 0.3) is 0 Å². The van der Waals surface area contributed by atoms with E-state index in [4.69, 9.17) is 28.3 Å². The van der Waals surface area contributed by atoms with Crippen LogP contribution < -0.4 is 4.90 Å². The van der Waals surface area contributed by atoms with Crippen LogP contribution in [0.1, 0.15) is 23.6 Å². The Labute approximate surface area is 205 Å². The highest BCUT2D eigenvalue weighted by molar-refractivity contribution is 6.30. The van der Waals surface area contributed by atoms with E-state index in [0.29, 0.717) is 29.2 Å². The van der Waals surface area contributed by atoms with Gasteiger partial charge in [0.05, 0.1) is 12.1 Å². The molecule has 0 atom stereocenters. The average molecular weight is 505 g/mol. The van der Waals surface area contributed by atoms with Crippen molar-refractivity contribution in [3.8, 4) is 0 Å². The number of carboxylic acid groups (broad SMARTS) is 1. The largest absolute Gasteiger partial charge is 0.481 e. The predicted octanol–water partition coefficient (Wildman–Crippen LogP) is 5.55. The van der Waals surface area contributed by atoms with Crippen LogP contribution in [-0.2, 0) is 9.59 Å². The third-order valence-corrected chi connectivity index (χ3v) is 6.19. The number of hydrogen-bond acceptors (Lipinski definition) is 3. The highest BCUT2D eigenvalue weighted by Gasteiger charge is 2.40. The third-order valence-electron chi connectivity index (χ3n) is 5.69. The molecule has 1 N–H and O–H groups in total. The lowest BCUT2D eigenvalue weighted by molar-refractivity contribution is -0.140. The second-order valence-corrected chi connectivity index (χ2v) is 8.95. The van der Waals surface area contributed by atoms with E-state index in [2.05, 4.69) is 4.90 Å². The number of carboxylic acids is 1. The van der Waals surface area contributed by atoms with Crippen LogP contribution in [0.4, 0.5) is 14.5 Å². The standard InChI is InChI=1S/C25H20Cl2F2N2O3/c26-17-5-1-15(2-6-17)25(16-3-7-18(27)8-4-16)30-13-22(14-30)31(23(32)12-24(33)34)21-10-19(28)9-20(29)11-21/h1-11,22,25H,12-14H2,(H,33,34). The molecule has 1 saturated heterocycles. The maximum Gasteiger partial charge on any atom is 0.312 e. The van der Waals surface area contributed by atoms with Crippen molar-refractivity contribution in [2.75, 3.05) is 18.0 Å². The lowest BCUT2D eigenvalue weighted by Gasteiger charge is -2.49. The highest BCUT2D eigenvalue weighted by atomic mass is 35.5. The molecule has 0 aliphatic carbocycles. The van der Waals surface area contributed by atoms with Crippen molar-refractivity contribution in [1.29, 1.82) is 0 Å². The molecule has 0 spiro atoms. The SMILES string of the molecule is O=C(O)CC(=O)N(c1cc(F)cc(F)c1)C1CN(C(c2ccc(Cl)cc2)c2ccc(Cl)cc2)C1. The van der Waals surface area contributed by atoms with Crippen LogP contribution in [0.15, 0.2) is 66.7 Å². The molecule has 3 aromatic carbocycles. The van der Waals surface area contributed by atoms with Crippen molar-refractivity contribution >= 4 is 40.8 Å². The van der Waals surface area contributed by atoms with Gasteiger partial charge in [0, 0.05) is 34.9 Å². The molecule has 4 rings (SSSR count). The van der Waals surface area contributed by atoms with Crippen LogP contribution in [0.5, 0.6) is 0 Å². The second kappa shape index (κ2) is 10.1. The number of halogens is 4. The zero-order valence-electron chi connectivity index (χ0n) is 17.8. The van der Waals surface area contributed by atoms with Crippen molar-refractivity contribution in [1.82, 2.24) is 4.90 Å². The van der Waals surface area contributed by atoms with Crippen LogP contribution in [0.2, 0.25) is 10.0 Å². The van der Waals surface area contributed by atoms with E-state index in [0.717, 1.165) is 23.3 Å². The molecule has 3 aromatic rings. The zero-order valence-corrected chi connectivity index (χ0v) is 19.3. The Morgan fingerprint density at radius 1 is 0.912 bits per heavy atom. The molecule has 34 heavy (non-hydrogen) atoms. The van der Waals surface area contributed by atoms with E-state index in [-0.39, 0.29) is 11.7 Å². The Bertz CT molecular complexity index is 1130. The number of benzene rings is 3. The molecule has 1 fully saturated rings. The number of nitrogens with zero attached hydrogens (tertiary/aromatic N) is 2. The summed E-state index contributed by atoms with van der Waals surface area (Å²) < 4.78 is 27.8. The second-order valence-electron chi connectivity index (χ2n) is 8.08. The van der Waals surface area contributed by atoms with E-state index >= 15 is 0 Å². The molecule has 0 aromatic heterocycles. The van der Waals surface area contributed by atoms with Gasteiger partial charge in [0.1, 0.15) is 18.1 Å². The maximum absolute atomic E-state index is 13.9. The van der Waals surface area contributed by atoms with Crippen molar-refractivity contribution in [3.63, 3.8) is 0 Å². The number of likely N-dealkylation sites (tertiary alicyclic amines) is 1. The monoisotopic (exact) mass is 504 g/mol. The van der Waals surface area contributed by atoms with Gasteiger partial charge < -0.3 is 10.0 Å². The number of hydrogen-bond donors (Lipinski definition) is 1. The van der Waals surface area contributed by atoms with E-state index in [1.54, 1.807) is 24.3 Å². The lowest BCUT2D eigenvalue weighted by Crippen LogP contribution is -2.62. The van der Waals surface area contributed by atoms with Crippen molar-refractivity contribution in [3.05, 3.63) is 99.5 Å². The fourth-order valence-electron chi connectivity index (χ4n) is 4.22. The summed E-state index contributed by atoms with van der Waals surface area (Å²) in [6.07, 6.45) is -0.785. The van der Waals surface area contributed by atoms with Gasteiger partial charge in [-0.15, -0.1) is 0 Å². The first-order valence-corrected chi connectivity index (χ1v) is 11.2. The average Bonchev–Trinajstić information content (AvgIpc) is 2.73. The molecule has 1 aliphatic heterocycles. The van der Waals surface area contributed by atoms with Crippen molar-refractivity contribution < 1.29 is 23.5 Å². The molecule has 0 bridgehead atoms. The minimum absolute atomic E-state index is 0.0112. The number of carbonyl (C=O) groups excluding carboxylic acids is 1. The summed E-state index contributed by atoms with van der Waals surface area (Å²) in [5.74, 6) is -3.75. The fourth-order valence-corrected chi connectivity index (χ4v) is 4.47. The van der Waals surface area contributed by atoms with Crippen LogP contribution in [0.3, 0.4) is 0 Å². The molecule has 5 nitrogen and oxygen atoms in total. The van der Waals surface area contributed by atoms with Gasteiger partial charge in [-0.05, 0) is 47.5 Å². The number of carbonyl (C=O) groups is 2. The summed E-state index contributed by atoms with van der Waals surface area (Å²) in [5, 5.41) is 10.3. The molecule has 176 valence electrons. The predicted molar refractivity (Wildman–Crippen MR) is 126 cm³/mol. The number of rotatable bonds is 7.